The number of aromatic amines is 1. The molecule has 10 nitrogen and oxygen atoms in total. The highest BCUT2D eigenvalue weighted by atomic mass is 16.5. The first-order chi connectivity index (χ1) is 19.5. The Hall–Kier alpha value is -3.76. The number of H-pyrrole nitrogens is 1. The third kappa shape index (κ3) is 6.18. The molecule has 2 atom stereocenters. The smallest absolute Gasteiger partial charge is 0.252 e. The van der Waals surface area contributed by atoms with Gasteiger partial charge in [-0.15, -0.1) is 5.10 Å². The second-order valence-corrected chi connectivity index (χ2v) is 10.4. The van der Waals surface area contributed by atoms with Gasteiger partial charge >= 0.3 is 0 Å². The van der Waals surface area contributed by atoms with Gasteiger partial charge in [-0.3, -0.25) is 9.69 Å². The van der Waals surface area contributed by atoms with Crippen molar-refractivity contribution in [3.63, 3.8) is 0 Å². The Balaban J connectivity index is 1.47. The zero-order chi connectivity index (χ0) is 28.1. The number of pyridine rings is 1. The molecular weight excluding hydrogens is 508 g/mol. The molecular formula is C30H38N6O4. The van der Waals surface area contributed by atoms with Crippen molar-refractivity contribution in [2.45, 2.75) is 64.8 Å². The minimum Gasteiger partial charge on any atom is -0.493 e. The van der Waals surface area contributed by atoms with E-state index in [4.69, 9.17) is 14.2 Å². The maximum absolute atomic E-state index is 13.2. The first-order valence-corrected chi connectivity index (χ1v) is 13.9. The van der Waals surface area contributed by atoms with Gasteiger partial charge in [0.25, 0.3) is 5.56 Å². The van der Waals surface area contributed by atoms with Gasteiger partial charge in [-0.25, -0.2) is 4.68 Å². The van der Waals surface area contributed by atoms with E-state index in [0.717, 1.165) is 60.1 Å². The van der Waals surface area contributed by atoms with Gasteiger partial charge in [0, 0.05) is 30.8 Å². The van der Waals surface area contributed by atoms with Crippen molar-refractivity contribution in [1.82, 2.24) is 30.1 Å². The summed E-state index contributed by atoms with van der Waals surface area (Å²) >= 11 is 0. The summed E-state index contributed by atoms with van der Waals surface area (Å²) in [6, 6.07) is 14.0. The summed E-state index contributed by atoms with van der Waals surface area (Å²) < 4.78 is 18.7. The summed E-state index contributed by atoms with van der Waals surface area (Å²) in [5.41, 5.74) is 3.72. The Bertz CT molecular complexity index is 1490. The quantitative estimate of drug-likeness (QED) is 0.282. The van der Waals surface area contributed by atoms with Gasteiger partial charge < -0.3 is 19.2 Å². The highest BCUT2D eigenvalue weighted by Gasteiger charge is 2.27. The third-order valence-electron chi connectivity index (χ3n) is 7.67. The molecule has 1 aliphatic rings. The first kappa shape index (κ1) is 27.8. The lowest BCUT2D eigenvalue weighted by Crippen LogP contribution is -2.34. The summed E-state index contributed by atoms with van der Waals surface area (Å²) in [5, 5.41) is 13.8. The van der Waals surface area contributed by atoms with Gasteiger partial charge in [0.2, 0.25) is 0 Å². The summed E-state index contributed by atoms with van der Waals surface area (Å²) in [6.07, 6.45) is 3.70. The molecule has 40 heavy (non-hydrogen) atoms. The summed E-state index contributed by atoms with van der Waals surface area (Å²) in [6.45, 7) is 6.73. The molecule has 1 fully saturated rings. The zero-order valence-electron chi connectivity index (χ0n) is 23.7. The molecule has 0 amide bonds. The van der Waals surface area contributed by atoms with Crippen LogP contribution in [-0.2, 0) is 24.2 Å². The van der Waals surface area contributed by atoms with Crippen LogP contribution < -0.4 is 15.0 Å². The van der Waals surface area contributed by atoms with E-state index in [-0.39, 0.29) is 17.7 Å². The molecule has 0 radical (unpaired) electrons. The fourth-order valence-corrected chi connectivity index (χ4v) is 5.53. The highest BCUT2D eigenvalue weighted by molar-refractivity contribution is 5.79. The number of aryl methyl sites for hydroxylation is 1. The second kappa shape index (κ2) is 12.6. The van der Waals surface area contributed by atoms with Crippen LogP contribution in [0.25, 0.3) is 10.9 Å². The van der Waals surface area contributed by atoms with E-state index in [1.165, 1.54) is 0 Å². The predicted molar refractivity (Wildman–Crippen MR) is 153 cm³/mol. The zero-order valence-corrected chi connectivity index (χ0v) is 23.7. The molecule has 5 rings (SSSR count). The lowest BCUT2D eigenvalue weighted by atomic mass is 10.1. The van der Waals surface area contributed by atoms with Crippen molar-refractivity contribution < 1.29 is 14.2 Å². The Labute approximate surface area is 234 Å². The van der Waals surface area contributed by atoms with Crippen LogP contribution in [0, 0.1) is 6.92 Å². The van der Waals surface area contributed by atoms with Crippen molar-refractivity contribution >= 4 is 10.9 Å². The molecule has 1 saturated heterocycles. The fourth-order valence-electron chi connectivity index (χ4n) is 5.53. The number of benzene rings is 2. The summed E-state index contributed by atoms with van der Waals surface area (Å²) in [5.74, 6) is 2.18. The van der Waals surface area contributed by atoms with E-state index in [2.05, 4.69) is 45.3 Å². The molecule has 1 aliphatic heterocycles. The topological polar surface area (TPSA) is 107 Å². The number of ether oxygens (including phenoxy) is 3. The van der Waals surface area contributed by atoms with E-state index >= 15 is 0 Å². The minimum atomic E-state index is -0.0934. The lowest BCUT2D eigenvalue weighted by molar-refractivity contribution is 0.0893. The van der Waals surface area contributed by atoms with Gasteiger partial charge in [0.15, 0.2) is 17.3 Å². The molecule has 2 unspecified atom stereocenters. The lowest BCUT2D eigenvalue weighted by Gasteiger charge is -2.30. The van der Waals surface area contributed by atoms with Gasteiger partial charge in [0.1, 0.15) is 0 Å². The molecule has 0 saturated carbocycles. The number of hydrogen-bond donors (Lipinski definition) is 1. The molecule has 0 spiro atoms. The number of nitrogens with zero attached hydrogens (tertiary/aromatic N) is 5. The van der Waals surface area contributed by atoms with Crippen molar-refractivity contribution in [1.29, 1.82) is 0 Å². The predicted octanol–water partition coefficient (Wildman–Crippen LogP) is 4.22. The van der Waals surface area contributed by atoms with Gasteiger partial charge in [0.05, 0.1) is 32.9 Å². The standard InChI is InChI=1S/C30H38N6O4/c1-5-26(29-32-33-34-36(29)19-24-7-6-14-40-24)35(13-12-21-9-11-27(38-3)28(16-21)39-4)18-23-17-22-15-20(2)8-10-25(22)31-30(23)37/h8-11,15-17,24,26H,5-7,12-14,18-19H2,1-4H3,(H,31,37). The summed E-state index contributed by atoms with van der Waals surface area (Å²) in [4.78, 5) is 18.6. The van der Waals surface area contributed by atoms with Crippen LogP contribution in [0.2, 0.25) is 0 Å². The van der Waals surface area contributed by atoms with Gasteiger partial charge in [-0.2, -0.15) is 0 Å². The van der Waals surface area contributed by atoms with Gasteiger partial charge in [-0.1, -0.05) is 24.6 Å². The number of rotatable bonds is 12. The molecule has 2 aromatic heterocycles. The summed E-state index contributed by atoms with van der Waals surface area (Å²) in [7, 11) is 3.27. The molecule has 1 N–H and O–H groups in total. The van der Waals surface area contributed by atoms with Gasteiger partial charge in [-0.05, 0) is 84.3 Å². The van der Waals surface area contributed by atoms with Crippen LogP contribution >= 0.6 is 0 Å². The average molecular weight is 547 g/mol. The van der Waals surface area contributed by atoms with Crippen molar-refractivity contribution in [3.05, 3.63) is 75.3 Å². The maximum Gasteiger partial charge on any atom is 0.252 e. The average Bonchev–Trinajstić information content (AvgIpc) is 3.65. The van der Waals surface area contributed by atoms with E-state index < -0.39 is 0 Å². The Morgan fingerprint density at radius 3 is 2.75 bits per heavy atom. The Morgan fingerprint density at radius 2 is 2.00 bits per heavy atom. The third-order valence-corrected chi connectivity index (χ3v) is 7.67. The minimum absolute atomic E-state index is 0.0822. The highest BCUT2D eigenvalue weighted by Crippen LogP contribution is 2.29. The van der Waals surface area contributed by atoms with E-state index in [0.29, 0.717) is 36.7 Å². The molecule has 3 heterocycles. The SMILES string of the molecule is CCC(c1nnnn1CC1CCCO1)N(CCc1ccc(OC)c(OC)c1)Cc1cc2cc(C)ccc2[nH]c1=O. The maximum atomic E-state index is 13.2. The molecule has 0 bridgehead atoms. The number of nitrogens with one attached hydrogen (secondary N) is 1. The molecule has 212 valence electrons. The van der Waals surface area contributed by atoms with Crippen molar-refractivity contribution in [3.8, 4) is 11.5 Å². The molecule has 0 aliphatic carbocycles. The van der Waals surface area contributed by atoms with Crippen LogP contribution in [-0.4, -0.2) is 63.6 Å². The second-order valence-electron chi connectivity index (χ2n) is 10.4. The van der Waals surface area contributed by atoms with Crippen LogP contribution in [0.1, 0.15) is 54.7 Å². The molecule has 10 heteroatoms. The van der Waals surface area contributed by atoms with E-state index in [9.17, 15) is 4.79 Å². The monoisotopic (exact) mass is 546 g/mol. The number of tetrazole rings is 1. The largest absolute Gasteiger partial charge is 0.493 e. The number of methoxy groups -OCH3 is 2. The number of aromatic nitrogens is 5. The fraction of sp³-hybridized carbons (Fsp3) is 0.467. The van der Waals surface area contributed by atoms with Crippen molar-refractivity contribution in [2.24, 2.45) is 0 Å². The normalized spacial score (nSPS) is 16.1. The van der Waals surface area contributed by atoms with Crippen LogP contribution in [0.4, 0.5) is 0 Å². The van der Waals surface area contributed by atoms with Crippen LogP contribution in [0.3, 0.4) is 0 Å². The molecule has 2 aromatic carbocycles. The Morgan fingerprint density at radius 1 is 1.15 bits per heavy atom. The Kier molecular flexibility index (Phi) is 8.76. The van der Waals surface area contributed by atoms with Crippen LogP contribution in [0.15, 0.2) is 47.3 Å². The number of fused-ring (bicyclic) bond motifs is 1. The molecule has 4 aromatic rings. The van der Waals surface area contributed by atoms with Crippen molar-refractivity contribution in [2.75, 3.05) is 27.4 Å². The van der Waals surface area contributed by atoms with Crippen LogP contribution in [0.5, 0.6) is 11.5 Å². The first-order valence-electron chi connectivity index (χ1n) is 13.9. The van der Waals surface area contributed by atoms with E-state index in [1.807, 2.05) is 41.1 Å². The van der Waals surface area contributed by atoms with E-state index in [1.54, 1.807) is 14.2 Å². The number of hydrogen-bond acceptors (Lipinski definition) is 8.